The second-order valence-corrected chi connectivity index (χ2v) is 6.72. The van der Waals surface area contributed by atoms with Crippen LogP contribution in [0.1, 0.15) is 5.56 Å². The van der Waals surface area contributed by atoms with E-state index in [1.54, 1.807) is 0 Å². The van der Waals surface area contributed by atoms with Gasteiger partial charge in [0.2, 0.25) is 0 Å². The van der Waals surface area contributed by atoms with Gasteiger partial charge in [0, 0.05) is 4.47 Å². The van der Waals surface area contributed by atoms with Gasteiger partial charge in [-0.05, 0) is 35.5 Å². The number of hydrogen-bond acceptors (Lipinski definition) is 7. The molecule has 1 aliphatic heterocycles. The number of nitrogens with zero attached hydrogens (tertiary/aromatic N) is 1. The lowest BCUT2D eigenvalue weighted by molar-refractivity contribution is -0.140. The predicted molar refractivity (Wildman–Crippen MR) is 94.1 cm³/mol. The van der Waals surface area contributed by atoms with Gasteiger partial charge in [0.1, 0.15) is 6.54 Å². The number of carboxylic acids is 2. The quantitative estimate of drug-likeness (QED) is 0.605. The minimum absolute atomic E-state index is 0.0539. The van der Waals surface area contributed by atoms with Gasteiger partial charge in [-0.1, -0.05) is 15.9 Å². The van der Waals surface area contributed by atoms with Crippen molar-refractivity contribution in [2.45, 2.75) is 0 Å². The highest BCUT2D eigenvalue weighted by molar-refractivity contribution is 9.10. The standard InChI is InChI=1S/C15H12BrNO8S/c1-24-9-2-7(8(16)4-10(9)25-6-13(20)21)3-11-14(22)17(5-12(18)19)15(23)26-11/h2-4H,5-6H2,1H3,(H,18,19)(H,20,21)/b11-3+. The highest BCUT2D eigenvalue weighted by Crippen LogP contribution is 2.37. The van der Waals surface area contributed by atoms with Crippen molar-refractivity contribution in [2.24, 2.45) is 0 Å². The van der Waals surface area contributed by atoms with E-state index in [9.17, 15) is 19.2 Å². The molecule has 0 radical (unpaired) electrons. The molecule has 2 N–H and O–H groups in total. The van der Waals surface area contributed by atoms with Gasteiger partial charge in [0.25, 0.3) is 11.1 Å². The van der Waals surface area contributed by atoms with E-state index in [1.165, 1.54) is 25.3 Å². The zero-order chi connectivity index (χ0) is 19.4. The summed E-state index contributed by atoms with van der Waals surface area (Å²) in [6, 6.07) is 2.96. The smallest absolute Gasteiger partial charge is 0.341 e. The first-order valence-corrected chi connectivity index (χ1v) is 8.53. The number of carbonyl (C=O) groups is 4. The van der Waals surface area contributed by atoms with Gasteiger partial charge in [-0.15, -0.1) is 0 Å². The summed E-state index contributed by atoms with van der Waals surface area (Å²) in [4.78, 5) is 46.0. The van der Waals surface area contributed by atoms with Gasteiger partial charge in [-0.2, -0.15) is 0 Å². The molecule has 9 nitrogen and oxygen atoms in total. The molecule has 0 unspecified atom stereocenters. The second kappa shape index (κ2) is 8.23. The van der Waals surface area contributed by atoms with Gasteiger partial charge in [-0.25, -0.2) is 4.79 Å². The number of methoxy groups -OCH3 is 1. The fraction of sp³-hybridized carbons (Fsp3) is 0.200. The van der Waals surface area contributed by atoms with E-state index >= 15 is 0 Å². The summed E-state index contributed by atoms with van der Waals surface area (Å²) >= 11 is 3.90. The molecule has 2 rings (SSSR count). The molecule has 0 bridgehead atoms. The van der Waals surface area contributed by atoms with E-state index < -0.39 is 36.2 Å². The molecule has 0 aromatic heterocycles. The van der Waals surface area contributed by atoms with Gasteiger partial charge in [-0.3, -0.25) is 19.3 Å². The Morgan fingerprint density at radius 3 is 2.50 bits per heavy atom. The van der Waals surface area contributed by atoms with Gasteiger partial charge in [0.15, 0.2) is 18.1 Å². The number of imide groups is 1. The van der Waals surface area contributed by atoms with Crippen LogP contribution < -0.4 is 9.47 Å². The third kappa shape index (κ3) is 4.55. The minimum atomic E-state index is -1.30. The number of benzene rings is 1. The Labute approximate surface area is 159 Å². The van der Waals surface area contributed by atoms with E-state index in [2.05, 4.69) is 15.9 Å². The Hall–Kier alpha value is -2.53. The number of aliphatic carboxylic acids is 2. The van der Waals surface area contributed by atoms with Crippen molar-refractivity contribution in [3.05, 3.63) is 27.1 Å². The van der Waals surface area contributed by atoms with E-state index in [0.29, 0.717) is 26.7 Å². The molecule has 1 aromatic carbocycles. The molecule has 2 amide bonds. The molecule has 0 atom stereocenters. The number of hydrogen-bond donors (Lipinski definition) is 2. The SMILES string of the molecule is COc1cc(/C=C2/SC(=O)N(CC(=O)O)C2=O)c(Br)cc1OCC(=O)O. The first-order chi connectivity index (χ1) is 12.2. The molecule has 26 heavy (non-hydrogen) atoms. The van der Waals surface area contributed by atoms with Crippen LogP contribution in [0.5, 0.6) is 11.5 Å². The van der Waals surface area contributed by atoms with Crippen LogP contribution in [0.4, 0.5) is 4.79 Å². The normalized spacial score (nSPS) is 15.5. The van der Waals surface area contributed by atoms with Crippen molar-refractivity contribution in [1.29, 1.82) is 0 Å². The highest BCUT2D eigenvalue weighted by Gasteiger charge is 2.36. The highest BCUT2D eigenvalue weighted by atomic mass is 79.9. The molecule has 1 aliphatic rings. The van der Waals surface area contributed by atoms with Crippen LogP contribution in [-0.2, 0) is 14.4 Å². The maximum absolute atomic E-state index is 12.2. The lowest BCUT2D eigenvalue weighted by Crippen LogP contribution is -2.33. The van der Waals surface area contributed by atoms with Crippen LogP contribution in [0.2, 0.25) is 0 Å². The van der Waals surface area contributed by atoms with Crippen LogP contribution >= 0.6 is 27.7 Å². The van der Waals surface area contributed by atoms with Crippen molar-refractivity contribution in [3.63, 3.8) is 0 Å². The molecule has 1 fully saturated rings. The van der Waals surface area contributed by atoms with E-state index in [0.717, 1.165) is 0 Å². The van der Waals surface area contributed by atoms with Crippen molar-refractivity contribution in [3.8, 4) is 11.5 Å². The van der Waals surface area contributed by atoms with Crippen molar-refractivity contribution < 1.29 is 38.9 Å². The molecular weight excluding hydrogens is 434 g/mol. The summed E-state index contributed by atoms with van der Waals surface area (Å²) in [5.74, 6) is -2.75. The Morgan fingerprint density at radius 1 is 1.23 bits per heavy atom. The van der Waals surface area contributed by atoms with Crippen molar-refractivity contribution >= 4 is 56.9 Å². The molecule has 1 saturated heterocycles. The molecule has 0 aliphatic carbocycles. The van der Waals surface area contributed by atoms with Crippen LogP contribution in [0.3, 0.4) is 0 Å². The Bertz CT molecular complexity index is 822. The average Bonchev–Trinajstić information content (AvgIpc) is 2.81. The zero-order valence-corrected chi connectivity index (χ0v) is 15.6. The van der Waals surface area contributed by atoms with Crippen LogP contribution in [0.15, 0.2) is 21.5 Å². The number of carboxylic acid groups (broad SMARTS) is 2. The summed E-state index contributed by atoms with van der Waals surface area (Å²) in [6.07, 6.45) is 1.40. The maximum Gasteiger partial charge on any atom is 0.341 e. The molecule has 0 saturated carbocycles. The largest absolute Gasteiger partial charge is 0.493 e. The maximum atomic E-state index is 12.2. The zero-order valence-electron chi connectivity index (χ0n) is 13.2. The van der Waals surface area contributed by atoms with Gasteiger partial charge in [0.05, 0.1) is 12.0 Å². The summed E-state index contributed by atoms with van der Waals surface area (Å²) < 4.78 is 10.7. The van der Waals surface area contributed by atoms with Gasteiger partial charge >= 0.3 is 11.9 Å². The van der Waals surface area contributed by atoms with Crippen LogP contribution in [-0.4, -0.2) is 58.5 Å². The number of carbonyl (C=O) groups excluding carboxylic acids is 2. The molecular formula is C15H12BrNO8S. The first-order valence-electron chi connectivity index (χ1n) is 6.92. The monoisotopic (exact) mass is 445 g/mol. The third-order valence-corrected chi connectivity index (χ3v) is 4.68. The summed E-state index contributed by atoms with van der Waals surface area (Å²) in [5, 5.41) is 16.8. The van der Waals surface area contributed by atoms with E-state index in [4.69, 9.17) is 19.7 Å². The van der Waals surface area contributed by atoms with Gasteiger partial charge < -0.3 is 19.7 Å². The number of ether oxygens (including phenoxy) is 2. The minimum Gasteiger partial charge on any atom is -0.493 e. The molecule has 0 spiro atoms. The number of thioether (sulfide) groups is 1. The fourth-order valence-corrected chi connectivity index (χ4v) is 3.25. The Balaban J connectivity index is 2.33. The van der Waals surface area contributed by atoms with Crippen LogP contribution in [0.25, 0.3) is 6.08 Å². The number of amides is 2. The fourth-order valence-electron chi connectivity index (χ4n) is 1.99. The molecule has 1 aromatic rings. The molecule has 11 heteroatoms. The Kier molecular flexibility index (Phi) is 6.27. The number of halogens is 1. The third-order valence-electron chi connectivity index (χ3n) is 3.09. The molecule has 1 heterocycles. The Morgan fingerprint density at radius 2 is 1.92 bits per heavy atom. The topological polar surface area (TPSA) is 130 Å². The average molecular weight is 446 g/mol. The van der Waals surface area contributed by atoms with E-state index in [-0.39, 0.29) is 16.4 Å². The molecule has 138 valence electrons. The predicted octanol–water partition coefficient (Wildman–Crippen LogP) is 2.04. The summed E-state index contributed by atoms with van der Waals surface area (Å²) in [5.41, 5.74) is 0.463. The van der Waals surface area contributed by atoms with Crippen LogP contribution in [0, 0.1) is 0 Å². The lowest BCUT2D eigenvalue weighted by atomic mass is 10.2. The second-order valence-electron chi connectivity index (χ2n) is 4.87. The van der Waals surface area contributed by atoms with Crippen molar-refractivity contribution in [2.75, 3.05) is 20.3 Å². The van der Waals surface area contributed by atoms with E-state index in [1.807, 2.05) is 0 Å². The lowest BCUT2D eigenvalue weighted by Gasteiger charge is -2.12. The first kappa shape index (κ1) is 19.8. The summed E-state index contributed by atoms with van der Waals surface area (Å²) in [6.45, 7) is -1.27. The summed E-state index contributed by atoms with van der Waals surface area (Å²) in [7, 11) is 1.36. The van der Waals surface area contributed by atoms with Crippen molar-refractivity contribution in [1.82, 2.24) is 4.90 Å². The number of rotatable bonds is 7.